The standard InChI is InChI=1S/C12H24N2O3S/c1-12(2)7-5-9-14(12)18(16,17)13-8-4-3-6-11(13)10-15/h11,15H,3-10H2,1-2H3. The number of aliphatic hydroxyl groups is 1. The SMILES string of the molecule is CC1(C)CCCN1S(=O)(=O)N1CCCCC1CO. The summed E-state index contributed by atoms with van der Waals surface area (Å²) < 4.78 is 28.6. The molecule has 2 rings (SSSR count). The van der Waals surface area contributed by atoms with Crippen molar-refractivity contribution in [2.75, 3.05) is 19.7 Å². The van der Waals surface area contributed by atoms with E-state index >= 15 is 0 Å². The first kappa shape index (κ1) is 14.2. The van der Waals surface area contributed by atoms with E-state index in [1.807, 2.05) is 13.8 Å². The van der Waals surface area contributed by atoms with Crippen molar-refractivity contribution in [3.63, 3.8) is 0 Å². The van der Waals surface area contributed by atoms with Crippen LogP contribution in [0.25, 0.3) is 0 Å². The number of piperidine rings is 1. The Morgan fingerprint density at radius 1 is 1.22 bits per heavy atom. The molecule has 6 heteroatoms. The minimum atomic E-state index is -3.42. The van der Waals surface area contributed by atoms with Crippen LogP contribution >= 0.6 is 0 Å². The Hall–Kier alpha value is -0.170. The largest absolute Gasteiger partial charge is 0.395 e. The number of rotatable bonds is 3. The Labute approximate surface area is 110 Å². The summed E-state index contributed by atoms with van der Waals surface area (Å²) in [7, 11) is -3.42. The van der Waals surface area contributed by atoms with Gasteiger partial charge in [-0.25, -0.2) is 0 Å². The lowest BCUT2D eigenvalue weighted by Gasteiger charge is -2.40. The van der Waals surface area contributed by atoms with Crippen molar-refractivity contribution < 1.29 is 13.5 Å². The van der Waals surface area contributed by atoms with Crippen LogP contribution in [0.4, 0.5) is 0 Å². The zero-order valence-corrected chi connectivity index (χ0v) is 12.1. The molecule has 0 aromatic heterocycles. The van der Waals surface area contributed by atoms with Gasteiger partial charge >= 0.3 is 0 Å². The third-order valence-corrected chi connectivity index (χ3v) is 6.49. The Kier molecular flexibility index (Phi) is 4.02. The molecule has 1 atom stereocenters. The van der Waals surface area contributed by atoms with Gasteiger partial charge < -0.3 is 5.11 Å². The molecule has 0 radical (unpaired) electrons. The van der Waals surface area contributed by atoms with E-state index < -0.39 is 10.2 Å². The summed E-state index contributed by atoms with van der Waals surface area (Å²) >= 11 is 0. The lowest BCUT2D eigenvalue weighted by atomic mass is 10.0. The normalized spacial score (nSPS) is 30.7. The van der Waals surface area contributed by atoms with Crippen LogP contribution in [0.1, 0.15) is 46.0 Å². The van der Waals surface area contributed by atoms with Gasteiger partial charge in [0.05, 0.1) is 6.61 Å². The number of nitrogens with zero attached hydrogens (tertiary/aromatic N) is 2. The van der Waals surface area contributed by atoms with Gasteiger partial charge in [0.1, 0.15) is 0 Å². The zero-order chi connectivity index (χ0) is 13.4. The van der Waals surface area contributed by atoms with Crippen molar-refractivity contribution in [2.45, 2.75) is 57.5 Å². The molecular formula is C12H24N2O3S. The number of aliphatic hydroxyl groups excluding tert-OH is 1. The number of hydrogen-bond acceptors (Lipinski definition) is 3. The second-order valence-electron chi connectivity index (χ2n) is 5.94. The molecule has 5 nitrogen and oxygen atoms in total. The molecule has 18 heavy (non-hydrogen) atoms. The minimum Gasteiger partial charge on any atom is -0.395 e. The van der Waals surface area contributed by atoms with Crippen LogP contribution in [-0.4, -0.2) is 53.4 Å². The van der Waals surface area contributed by atoms with Gasteiger partial charge in [0.15, 0.2) is 0 Å². The summed E-state index contributed by atoms with van der Waals surface area (Å²) in [6, 6.07) is -0.236. The topological polar surface area (TPSA) is 60.9 Å². The summed E-state index contributed by atoms with van der Waals surface area (Å²) in [4.78, 5) is 0. The van der Waals surface area contributed by atoms with Crippen molar-refractivity contribution in [3.05, 3.63) is 0 Å². The highest BCUT2D eigenvalue weighted by atomic mass is 32.2. The predicted molar refractivity (Wildman–Crippen MR) is 70.4 cm³/mol. The van der Waals surface area contributed by atoms with Crippen LogP contribution in [0, 0.1) is 0 Å². The lowest BCUT2D eigenvalue weighted by Crippen LogP contribution is -2.55. The summed E-state index contributed by atoms with van der Waals surface area (Å²) in [5, 5.41) is 9.37. The fourth-order valence-corrected chi connectivity index (χ4v) is 5.33. The highest BCUT2D eigenvalue weighted by Crippen LogP contribution is 2.34. The van der Waals surface area contributed by atoms with Crippen LogP contribution in [0.15, 0.2) is 0 Å². The predicted octanol–water partition coefficient (Wildman–Crippen LogP) is 0.952. The highest BCUT2D eigenvalue weighted by molar-refractivity contribution is 7.86. The Morgan fingerprint density at radius 3 is 2.50 bits per heavy atom. The molecule has 2 fully saturated rings. The average molecular weight is 276 g/mol. The maximum atomic E-state index is 12.7. The van der Waals surface area contributed by atoms with E-state index in [0.29, 0.717) is 13.1 Å². The molecule has 0 amide bonds. The molecule has 0 spiro atoms. The fraction of sp³-hybridized carbons (Fsp3) is 1.00. The van der Waals surface area contributed by atoms with E-state index in [-0.39, 0.29) is 18.2 Å². The molecule has 0 aliphatic carbocycles. The zero-order valence-electron chi connectivity index (χ0n) is 11.3. The Morgan fingerprint density at radius 2 is 1.94 bits per heavy atom. The van der Waals surface area contributed by atoms with E-state index in [2.05, 4.69) is 0 Å². The third kappa shape index (κ3) is 2.43. The molecule has 0 aromatic carbocycles. The van der Waals surface area contributed by atoms with E-state index in [1.165, 1.54) is 4.31 Å². The van der Waals surface area contributed by atoms with Gasteiger partial charge in [0, 0.05) is 24.7 Å². The minimum absolute atomic E-state index is 0.0759. The molecular weight excluding hydrogens is 252 g/mol. The van der Waals surface area contributed by atoms with Gasteiger partial charge in [-0.2, -0.15) is 17.0 Å². The van der Waals surface area contributed by atoms with Crippen LogP contribution in [0.2, 0.25) is 0 Å². The quantitative estimate of drug-likeness (QED) is 0.835. The van der Waals surface area contributed by atoms with Gasteiger partial charge in [0.2, 0.25) is 0 Å². The summed E-state index contributed by atoms with van der Waals surface area (Å²) in [5.74, 6) is 0. The molecule has 0 aromatic rings. The van der Waals surface area contributed by atoms with Crippen molar-refractivity contribution in [3.8, 4) is 0 Å². The van der Waals surface area contributed by atoms with Crippen molar-refractivity contribution in [1.29, 1.82) is 0 Å². The summed E-state index contributed by atoms with van der Waals surface area (Å²) in [6.07, 6.45) is 4.49. The van der Waals surface area contributed by atoms with Crippen LogP contribution in [-0.2, 0) is 10.2 Å². The van der Waals surface area contributed by atoms with Crippen molar-refractivity contribution in [2.24, 2.45) is 0 Å². The first-order valence-electron chi connectivity index (χ1n) is 6.80. The van der Waals surface area contributed by atoms with E-state index in [1.54, 1.807) is 4.31 Å². The second-order valence-corrected chi connectivity index (χ2v) is 7.74. The summed E-state index contributed by atoms with van der Waals surface area (Å²) in [5.41, 5.74) is -0.295. The second kappa shape index (κ2) is 5.07. The first-order chi connectivity index (χ1) is 8.39. The third-order valence-electron chi connectivity index (χ3n) is 4.18. The lowest BCUT2D eigenvalue weighted by molar-refractivity contribution is 0.142. The van der Waals surface area contributed by atoms with Crippen LogP contribution < -0.4 is 0 Å². The van der Waals surface area contributed by atoms with Crippen molar-refractivity contribution in [1.82, 2.24) is 8.61 Å². The van der Waals surface area contributed by atoms with Gasteiger partial charge in [-0.05, 0) is 39.5 Å². The summed E-state index contributed by atoms with van der Waals surface area (Å²) in [6.45, 7) is 5.03. The molecule has 1 unspecified atom stereocenters. The smallest absolute Gasteiger partial charge is 0.282 e. The maximum Gasteiger partial charge on any atom is 0.282 e. The average Bonchev–Trinajstić information content (AvgIpc) is 2.69. The van der Waals surface area contributed by atoms with Crippen LogP contribution in [0.5, 0.6) is 0 Å². The van der Waals surface area contributed by atoms with Gasteiger partial charge in [-0.1, -0.05) is 6.42 Å². The molecule has 0 saturated carbocycles. The molecule has 0 bridgehead atoms. The van der Waals surface area contributed by atoms with Gasteiger partial charge in [-0.15, -0.1) is 0 Å². The van der Waals surface area contributed by atoms with E-state index in [4.69, 9.17) is 0 Å². The Balaban J connectivity index is 2.24. The Bertz CT molecular complexity index is 394. The molecule has 2 aliphatic heterocycles. The van der Waals surface area contributed by atoms with Gasteiger partial charge in [0.25, 0.3) is 10.2 Å². The number of hydrogen-bond donors (Lipinski definition) is 1. The van der Waals surface area contributed by atoms with Crippen LogP contribution in [0.3, 0.4) is 0 Å². The monoisotopic (exact) mass is 276 g/mol. The van der Waals surface area contributed by atoms with E-state index in [0.717, 1.165) is 32.1 Å². The van der Waals surface area contributed by atoms with Gasteiger partial charge in [-0.3, -0.25) is 0 Å². The molecule has 106 valence electrons. The molecule has 2 saturated heterocycles. The fourth-order valence-electron chi connectivity index (χ4n) is 3.10. The van der Waals surface area contributed by atoms with Crippen molar-refractivity contribution >= 4 is 10.2 Å². The molecule has 2 aliphatic rings. The maximum absolute atomic E-state index is 12.7. The highest BCUT2D eigenvalue weighted by Gasteiger charge is 2.45. The first-order valence-corrected chi connectivity index (χ1v) is 8.20. The van der Waals surface area contributed by atoms with E-state index in [9.17, 15) is 13.5 Å². The molecule has 2 heterocycles. The molecule has 1 N–H and O–H groups in total.